The summed E-state index contributed by atoms with van der Waals surface area (Å²) in [6.45, 7) is 1.65. The number of H-pyrrole nitrogens is 1. The van der Waals surface area contributed by atoms with Gasteiger partial charge in [0.2, 0.25) is 0 Å². The fourth-order valence-electron chi connectivity index (χ4n) is 1.94. The fourth-order valence-corrected chi connectivity index (χ4v) is 3.08. The first-order valence-corrected chi connectivity index (χ1v) is 6.86. The van der Waals surface area contributed by atoms with Gasteiger partial charge in [0.1, 0.15) is 10.6 Å². The number of thiophene rings is 1. The van der Waals surface area contributed by atoms with Crippen molar-refractivity contribution in [2.75, 3.05) is 0 Å². The molecule has 6 heteroatoms. The first-order valence-electron chi connectivity index (χ1n) is 5.57. The molecule has 0 aliphatic carbocycles. The monoisotopic (exact) mass is 292 g/mol. The third kappa shape index (κ3) is 1.93. The van der Waals surface area contributed by atoms with Gasteiger partial charge in [-0.05, 0) is 54.4 Å². The Bertz CT molecular complexity index is 892. The number of nitrogens with zero attached hydrogens (tertiary/aromatic N) is 1. The molecule has 0 amide bonds. The fraction of sp³-hybridized carbons (Fsp3) is 0.0769. The Balaban J connectivity index is 2.38. The summed E-state index contributed by atoms with van der Waals surface area (Å²) in [6, 6.07) is 6.24. The lowest BCUT2D eigenvalue weighted by molar-refractivity contribution is 0.618. The number of fused-ring (bicyclic) bond motifs is 1. The van der Waals surface area contributed by atoms with Crippen molar-refractivity contribution in [3.63, 3.8) is 0 Å². The zero-order valence-corrected chi connectivity index (χ0v) is 11.6. The van der Waals surface area contributed by atoms with E-state index in [1.807, 2.05) is 5.38 Å². The molecule has 0 bridgehead atoms. The molecule has 3 nitrogen and oxygen atoms in total. The summed E-state index contributed by atoms with van der Waals surface area (Å²) in [5, 5.41) is 2.41. The van der Waals surface area contributed by atoms with Crippen molar-refractivity contribution in [3.05, 3.63) is 56.2 Å². The van der Waals surface area contributed by atoms with Gasteiger partial charge in [0, 0.05) is 0 Å². The summed E-state index contributed by atoms with van der Waals surface area (Å²) in [6.07, 6.45) is 0. The maximum atomic E-state index is 13.3. The first-order chi connectivity index (χ1) is 9.08. The van der Waals surface area contributed by atoms with Gasteiger partial charge >= 0.3 is 0 Å². The Kier molecular flexibility index (Phi) is 2.83. The Morgan fingerprint density at radius 2 is 2.16 bits per heavy atom. The number of rotatable bonds is 1. The Morgan fingerprint density at radius 1 is 1.37 bits per heavy atom. The van der Waals surface area contributed by atoms with Crippen LogP contribution in [0.25, 0.3) is 15.9 Å². The second kappa shape index (κ2) is 4.40. The molecule has 0 atom stereocenters. The van der Waals surface area contributed by atoms with Gasteiger partial charge in [-0.2, -0.15) is 0 Å². The topological polar surface area (TPSA) is 37.8 Å². The van der Waals surface area contributed by atoms with Crippen molar-refractivity contribution in [2.45, 2.75) is 6.92 Å². The summed E-state index contributed by atoms with van der Waals surface area (Å²) >= 11 is 6.64. The molecule has 0 saturated heterocycles. The normalized spacial score (nSPS) is 11.1. The lowest BCUT2D eigenvalue weighted by Gasteiger charge is -2.07. The summed E-state index contributed by atoms with van der Waals surface area (Å²) in [7, 11) is 0. The summed E-state index contributed by atoms with van der Waals surface area (Å²) in [4.78, 5) is 16.2. The number of aromatic nitrogens is 2. The highest BCUT2D eigenvalue weighted by Gasteiger charge is 2.09. The van der Waals surface area contributed by atoms with E-state index in [2.05, 4.69) is 4.98 Å². The van der Waals surface area contributed by atoms with E-state index in [4.69, 9.17) is 12.2 Å². The molecule has 3 aromatic rings. The van der Waals surface area contributed by atoms with Crippen LogP contribution in [0.15, 0.2) is 34.4 Å². The molecule has 0 aliphatic heterocycles. The van der Waals surface area contributed by atoms with E-state index in [0.717, 1.165) is 4.83 Å². The van der Waals surface area contributed by atoms with Gasteiger partial charge < -0.3 is 4.98 Å². The second-order valence-corrected chi connectivity index (χ2v) is 5.47. The molecule has 19 heavy (non-hydrogen) atoms. The molecular formula is C13H9FN2OS2. The van der Waals surface area contributed by atoms with Crippen molar-refractivity contribution in [1.82, 2.24) is 9.55 Å². The lowest BCUT2D eigenvalue weighted by atomic mass is 10.2. The van der Waals surface area contributed by atoms with E-state index in [1.165, 1.54) is 22.0 Å². The number of hydrogen-bond acceptors (Lipinski definition) is 3. The van der Waals surface area contributed by atoms with Crippen molar-refractivity contribution in [3.8, 4) is 5.69 Å². The molecule has 2 aromatic heterocycles. The highest BCUT2D eigenvalue weighted by Crippen LogP contribution is 2.17. The molecule has 1 aromatic carbocycles. The zero-order chi connectivity index (χ0) is 13.6. The molecule has 0 fully saturated rings. The number of aromatic amines is 1. The predicted octanol–water partition coefficient (Wildman–Crippen LogP) is 3.56. The van der Waals surface area contributed by atoms with Crippen LogP contribution in [0.2, 0.25) is 0 Å². The average Bonchev–Trinajstić information content (AvgIpc) is 2.82. The van der Waals surface area contributed by atoms with E-state index < -0.39 is 0 Å². The van der Waals surface area contributed by atoms with Gasteiger partial charge in [-0.3, -0.25) is 9.36 Å². The zero-order valence-electron chi connectivity index (χ0n) is 9.94. The molecular weight excluding hydrogens is 283 g/mol. The first kappa shape index (κ1) is 12.3. The van der Waals surface area contributed by atoms with Gasteiger partial charge in [0.05, 0.1) is 11.1 Å². The molecule has 96 valence electrons. The highest BCUT2D eigenvalue weighted by molar-refractivity contribution is 7.71. The van der Waals surface area contributed by atoms with E-state index in [0.29, 0.717) is 21.4 Å². The van der Waals surface area contributed by atoms with Crippen LogP contribution < -0.4 is 5.56 Å². The maximum absolute atomic E-state index is 13.3. The SMILES string of the molecule is Cc1cc(-n2c(=S)[nH]c3sccc3c2=O)ccc1F. The van der Waals surface area contributed by atoms with Gasteiger partial charge in [0.25, 0.3) is 5.56 Å². The van der Waals surface area contributed by atoms with Crippen molar-refractivity contribution in [1.29, 1.82) is 0 Å². The van der Waals surface area contributed by atoms with E-state index in [-0.39, 0.29) is 11.4 Å². The second-order valence-electron chi connectivity index (χ2n) is 4.17. The van der Waals surface area contributed by atoms with Crippen molar-refractivity contribution < 1.29 is 4.39 Å². The molecule has 0 aliphatic rings. The molecule has 0 radical (unpaired) electrons. The third-order valence-electron chi connectivity index (χ3n) is 2.92. The van der Waals surface area contributed by atoms with E-state index in [9.17, 15) is 9.18 Å². The Labute approximate surface area is 117 Å². The summed E-state index contributed by atoms with van der Waals surface area (Å²) in [5.74, 6) is -0.302. The van der Waals surface area contributed by atoms with Crippen LogP contribution in [0.5, 0.6) is 0 Å². The minimum absolute atomic E-state index is 0.189. The number of benzene rings is 1. The average molecular weight is 292 g/mol. The van der Waals surface area contributed by atoms with Crippen LogP contribution >= 0.6 is 23.6 Å². The van der Waals surface area contributed by atoms with Crippen LogP contribution in [-0.2, 0) is 0 Å². The number of nitrogens with one attached hydrogen (secondary N) is 1. The van der Waals surface area contributed by atoms with Crippen LogP contribution in [0.4, 0.5) is 4.39 Å². The lowest BCUT2D eigenvalue weighted by Crippen LogP contribution is -2.19. The summed E-state index contributed by atoms with van der Waals surface area (Å²) in [5.41, 5.74) is 0.855. The molecule has 0 saturated carbocycles. The van der Waals surface area contributed by atoms with Crippen molar-refractivity contribution >= 4 is 33.8 Å². The smallest absolute Gasteiger partial charge is 0.267 e. The van der Waals surface area contributed by atoms with Gasteiger partial charge in [0.15, 0.2) is 4.77 Å². The van der Waals surface area contributed by atoms with Crippen LogP contribution in [0, 0.1) is 17.5 Å². The predicted molar refractivity (Wildman–Crippen MR) is 77.3 cm³/mol. The Hall–Kier alpha value is -1.79. The maximum Gasteiger partial charge on any atom is 0.267 e. The van der Waals surface area contributed by atoms with Crippen LogP contribution in [0.3, 0.4) is 0 Å². The standard InChI is InChI=1S/C13H9FN2OS2/c1-7-6-8(2-3-10(7)14)16-12(17)9-4-5-19-11(9)15-13(16)18/h2-6H,1H3,(H,15,18). The number of halogens is 1. The highest BCUT2D eigenvalue weighted by atomic mass is 32.1. The van der Waals surface area contributed by atoms with E-state index >= 15 is 0 Å². The van der Waals surface area contributed by atoms with Crippen LogP contribution in [-0.4, -0.2) is 9.55 Å². The Morgan fingerprint density at radius 3 is 2.89 bits per heavy atom. The minimum Gasteiger partial charge on any atom is -0.323 e. The van der Waals surface area contributed by atoms with E-state index in [1.54, 1.807) is 25.1 Å². The minimum atomic E-state index is -0.302. The van der Waals surface area contributed by atoms with Gasteiger partial charge in [-0.15, -0.1) is 11.3 Å². The largest absolute Gasteiger partial charge is 0.323 e. The molecule has 0 unspecified atom stereocenters. The van der Waals surface area contributed by atoms with Crippen LogP contribution in [0.1, 0.15) is 5.56 Å². The molecule has 2 heterocycles. The summed E-state index contributed by atoms with van der Waals surface area (Å²) < 4.78 is 15.0. The molecule has 3 rings (SSSR count). The van der Waals surface area contributed by atoms with Crippen molar-refractivity contribution in [2.24, 2.45) is 0 Å². The van der Waals surface area contributed by atoms with Gasteiger partial charge in [-0.25, -0.2) is 4.39 Å². The van der Waals surface area contributed by atoms with Gasteiger partial charge in [-0.1, -0.05) is 0 Å². The molecule has 0 spiro atoms. The number of hydrogen-bond donors (Lipinski definition) is 1. The third-order valence-corrected chi connectivity index (χ3v) is 4.04. The quantitative estimate of drug-likeness (QED) is 0.696. The molecule has 1 N–H and O–H groups in total. The number of aryl methyl sites for hydroxylation is 1.